The van der Waals surface area contributed by atoms with E-state index in [1.165, 1.54) is 0 Å². The molecule has 5 heteroatoms. The molecule has 0 unspecified atom stereocenters. The highest BCUT2D eigenvalue weighted by Crippen LogP contribution is 2.16. The summed E-state index contributed by atoms with van der Waals surface area (Å²) >= 11 is 0. The highest BCUT2D eigenvalue weighted by atomic mass is 16.5. The third-order valence-corrected chi connectivity index (χ3v) is 2.77. The van der Waals surface area contributed by atoms with Crippen LogP contribution in [0.25, 0.3) is 11.2 Å². The number of H-pyrrole nitrogens is 1. The SMILES string of the molecule is c1cnc2nc(O[C@H]3CCCNC3)[nH]c2c1. The predicted molar refractivity (Wildman–Crippen MR) is 60.4 cm³/mol. The molecule has 1 aliphatic rings. The Bertz CT molecular complexity index is 443. The molecule has 2 aromatic rings. The Morgan fingerprint density at radius 1 is 1.44 bits per heavy atom. The van der Waals surface area contributed by atoms with Crippen LogP contribution in [0.15, 0.2) is 18.3 Å². The minimum atomic E-state index is 0.217. The van der Waals surface area contributed by atoms with Gasteiger partial charge in [0.2, 0.25) is 0 Å². The maximum absolute atomic E-state index is 5.77. The average Bonchev–Trinajstić information content (AvgIpc) is 2.72. The van der Waals surface area contributed by atoms with Crippen LogP contribution in [0.2, 0.25) is 0 Å². The van der Waals surface area contributed by atoms with E-state index in [1.54, 1.807) is 6.20 Å². The fourth-order valence-electron chi connectivity index (χ4n) is 1.96. The second-order valence-electron chi connectivity index (χ2n) is 4.00. The zero-order valence-corrected chi connectivity index (χ0v) is 8.94. The molecule has 0 radical (unpaired) electrons. The fraction of sp³-hybridized carbons (Fsp3) is 0.455. The third kappa shape index (κ3) is 1.86. The first kappa shape index (κ1) is 9.59. The molecule has 0 aliphatic carbocycles. The molecule has 16 heavy (non-hydrogen) atoms. The molecule has 1 aliphatic heterocycles. The standard InChI is InChI=1S/C11H14N4O/c1-3-8(7-12-5-1)16-11-14-9-4-2-6-13-10(9)15-11/h2,4,6,8,12H,1,3,5,7H2,(H,13,14,15)/t8-/m0/s1. The maximum Gasteiger partial charge on any atom is 0.296 e. The molecule has 0 spiro atoms. The summed E-state index contributed by atoms with van der Waals surface area (Å²) in [4.78, 5) is 11.6. The number of aromatic nitrogens is 3. The van der Waals surface area contributed by atoms with Crippen molar-refractivity contribution < 1.29 is 4.74 Å². The van der Waals surface area contributed by atoms with E-state index < -0.39 is 0 Å². The number of ether oxygens (including phenoxy) is 1. The molecule has 1 atom stereocenters. The lowest BCUT2D eigenvalue weighted by Crippen LogP contribution is -2.37. The van der Waals surface area contributed by atoms with Crippen LogP contribution < -0.4 is 10.1 Å². The summed E-state index contributed by atoms with van der Waals surface area (Å²) in [5.41, 5.74) is 1.63. The second kappa shape index (κ2) is 4.09. The van der Waals surface area contributed by atoms with Crippen molar-refractivity contribution in [3.05, 3.63) is 18.3 Å². The molecule has 0 bridgehead atoms. The molecule has 0 amide bonds. The number of piperidine rings is 1. The molecular weight excluding hydrogens is 204 g/mol. The summed E-state index contributed by atoms with van der Waals surface area (Å²) in [6.07, 6.45) is 4.18. The van der Waals surface area contributed by atoms with Crippen LogP contribution >= 0.6 is 0 Å². The summed E-state index contributed by atoms with van der Waals surface area (Å²) in [6.45, 7) is 1.98. The zero-order valence-electron chi connectivity index (χ0n) is 8.94. The van der Waals surface area contributed by atoms with Crippen LogP contribution in [0, 0.1) is 0 Å². The first-order chi connectivity index (χ1) is 7.92. The van der Waals surface area contributed by atoms with Gasteiger partial charge in [0.15, 0.2) is 5.65 Å². The summed E-state index contributed by atoms with van der Waals surface area (Å²) < 4.78 is 5.77. The average molecular weight is 218 g/mol. The lowest BCUT2D eigenvalue weighted by molar-refractivity contribution is 0.155. The van der Waals surface area contributed by atoms with Crippen LogP contribution in [0.4, 0.5) is 0 Å². The number of rotatable bonds is 2. The van der Waals surface area contributed by atoms with Gasteiger partial charge in [0.05, 0.1) is 5.52 Å². The van der Waals surface area contributed by atoms with E-state index in [9.17, 15) is 0 Å². The van der Waals surface area contributed by atoms with Crippen LogP contribution in [0.3, 0.4) is 0 Å². The molecule has 0 aromatic carbocycles. The number of imidazole rings is 1. The Labute approximate surface area is 93.2 Å². The Morgan fingerprint density at radius 2 is 2.44 bits per heavy atom. The van der Waals surface area contributed by atoms with Gasteiger partial charge in [-0.15, -0.1) is 0 Å². The van der Waals surface area contributed by atoms with Crippen LogP contribution in [-0.2, 0) is 0 Å². The van der Waals surface area contributed by atoms with Crippen LogP contribution in [0.5, 0.6) is 6.01 Å². The summed E-state index contributed by atoms with van der Waals surface area (Å²) in [7, 11) is 0. The lowest BCUT2D eigenvalue weighted by atomic mass is 10.1. The molecule has 2 N–H and O–H groups in total. The van der Waals surface area contributed by atoms with Gasteiger partial charge in [0.1, 0.15) is 6.10 Å². The molecule has 3 heterocycles. The van der Waals surface area contributed by atoms with Crippen molar-refractivity contribution in [1.29, 1.82) is 0 Å². The van der Waals surface area contributed by atoms with E-state index in [0.717, 1.165) is 31.4 Å². The Morgan fingerprint density at radius 3 is 3.25 bits per heavy atom. The Balaban J connectivity index is 1.78. The van der Waals surface area contributed by atoms with Gasteiger partial charge in [-0.05, 0) is 31.5 Å². The first-order valence-electron chi connectivity index (χ1n) is 5.60. The normalized spacial score (nSPS) is 21.1. The number of aromatic amines is 1. The van der Waals surface area contributed by atoms with Crippen molar-refractivity contribution in [3.8, 4) is 6.01 Å². The summed E-state index contributed by atoms with van der Waals surface area (Å²) in [6, 6.07) is 4.40. The number of nitrogens with zero attached hydrogens (tertiary/aromatic N) is 2. The van der Waals surface area contributed by atoms with Gasteiger partial charge >= 0.3 is 0 Å². The molecule has 0 saturated carbocycles. The van der Waals surface area contributed by atoms with Crippen molar-refractivity contribution in [2.75, 3.05) is 13.1 Å². The van der Waals surface area contributed by atoms with E-state index in [2.05, 4.69) is 20.3 Å². The van der Waals surface area contributed by atoms with Crippen LogP contribution in [0.1, 0.15) is 12.8 Å². The molecule has 1 fully saturated rings. The number of hydrogen-bond acceptors (Lipinski definition) is 4. The van der Waals surface area contributed by atoms with Gasteiger partial charge < -0.3 is 15.0 Å². The fourth-order valence-corrected chi connectivity index (χ4v) is 1.96. The minimum absolute atomic E-state index is 0.217. The van der Waals surface area contributed by atoms with Crippen LogP contribution in [-0.4, -0.2) is 34.1 Å². The number of nitrogens with one attached hydrogen (secondary N) is 2. The first-order valence-corrected chi connectivity index (χ1v) is 5.60. The van der Waals surface area contributed by atoms with Crippen molar-refractivity contribution in [1.82, 2.24) is 20.3 Å². The highest BCUT2D eigenvalue weighted by Gasteiger charge is 2.16. The Kier molecular flexibility index (Phi) is 2.46. The number of hydrogen-bond donors (Lipinski definition) is 2. The van der Waals surface area contributed by atoms with Crippen molar-refractivity contribution in [2.45, 2.75) is 18.9 Å². The van der Waals surface area contributed by atoms with E-state index in [4.69, 9.17) is 4.74 Å². The summed E-state index contributed by atoms with van der Waals surface area (Å²) in [5, 5.41) is 3.31. The third-order valence-electron chi connectivity index (χ3n) is 2.77. The molecule has 2 aromatic heterocycles. The largest absolute Gasteiger partial charge is 0.460 e. The monoisotopic (exact) mass is 218 g/mol. The number of pyridine rings is 1. The van der Waals surface area contributed by atoms with Gasteiger partial charge in [0, 0.05) is 12.7 Å². The van der Waals surface area contributed by atoms with Gasteiger partial charge in [-0.25, -0.2) is 4.98 Å². The smallest absolute Gasteiger partial charge is 0.296 e. The molecule has 5 nitrogen and oxygen atoms in total. The molecule has 1 saturated heterocycles. The van der Waals surface area contributed by atoms with E-state index in [1.807, 2.05) is 12.1 Å². The quantitative estimate of drug-likeness (QED) is 0.792. The number of fused-ring (bicyclic) bond motifs is 1. The van der Waals surface area contributed by atoms with Crippen molar-refractivity contribution >= 4 is 11.2 Å². The highest BCUT2D eigenvalue weighted by molar-refractivity contribution is 5.70. The molecule has 3 rings (SSSR count). The second-order valence-corrected chi connectivity index (χ2v) is 4.00. The van der Waals surface area contributed by atoms with Crippen molar-refractivity contribution in [3.63, 3.8) is 0 Å². The van der Waals surface area contributed by atoms with Crippen molar-refractivity contribution in [2.24, 2.45) is 0 Å². The lowest BCUT2D eigenvalue weighted by Gasteiger charge is -2.22. The van der Waals surface area contributed by atoms with E-state index >= 15 is 0 Å². The van der Waals surface area contributed by atoms with E-state index in [-0.39, 0.29) is 6.10 Å². The van der Waals surface area contributed by atoms with Gasteiger partial charge in [-0.1, -0.05) is 0 Å². The molecular formula is C11H14N4O. The zero-order chi connectivity index (χ0) is 10.8. The predicted octanol–water partition coefficient (Wildman–Crippen LogP) is 1.09. The van der Waals surface area contributed by atoms with Gasteiger partial charge in [-0.3, -0.25) is 0 Å². The van der Waals surface area contributed by atoms with Gasteiger partial charge in [-0.2, -0.15) is 4.98 Å². The van der Waals surface area contributed by atoms with Gasteiger partial charge in [0.25, 0.3) is 6.01 Å². The Hall–Kier alpha value is -1.62. The molecule has 84 valence electrons. The topological polar surface area (TPSA) is 62.8 Å². The minimum Gasteiger partial charge on any atom is -0.460 e. The summed E-state index contributed by atoms with van der Waals surface area (Å²) in [5.74, 6) is 0. The maximum atomic E-state index is 5.77. The van der Waals surface area contributed by atoms with E-state index in [0.29, 0.717) is 11.7 Å².